The van der Waals surface area contributed by atoms with Crippen LogP contribution in [0.4, 0.5) is 5.69 Å². The number of nitrogens with one attached hydrogen (secondary N) is 2. The van der Waals surface area contributed by atoms with Gasteiger partial charge in [-0.1, -0.05) is 6.92 Å². The molecule has 3 rings (SSSR count). The Kier molecular flexibility index (Phi) is 4.09. The smallest absolute Gasteiger partial charge is 0.247 e. The van der Waals surface area contributed by atoms with E-state index in [0.29, 0.717) is 13.0 Å². The molecule has 1 unspecified atom stereocenters. The Labute approximate surface area is 128 Å². The van der Waals surface area contributed by atoms with Crippen LogP contribution in [0.5, 0.6) is 0 Å². The number of piperidine rings is 1. The summed E-state index contributed by atoms with van der Waals surface area (Å²) in [6.07, 6.45) is 4.73. The van der Waals surface area contributed by atoms with Gasteiger partial charge in [0.1, 0.15) is 6.04 Å². The lowest BCUT2D eigenvalue weighted by Crippen LogP contribution is -2.49. The van der Waals surface area contributed by atoms with Gasteiger partial charge < -0.3 is 15.2 Å². The summed E-state index contributed by atoms with van der Waals surface area (Å²) in [6.45, 7) is 2.50. The molecule has 6 nitrogen and oxygen atoms in total. The predicted molar refractivity (Wildman–Crippen MR) is 84.4 cm³/mol. The quantitative estimate of drug-likeness (QED) is 0.913. The molecule has 0 spiro atoms. The van der Waals surface area contributed by atoms with E-state index in [-0.39, 0.29) is 17.9 Å². The van der Waals surface area contributed by atoms with Gasteiger partial charge in [0, 0.05) is 18.7 Å². The van der Waals surface area contributed by atoms with Crippen LogP contribution >= 0.6 is 0 Å². The number of carbonyl (C=O) groups is 2. The van der Waals surface area contributed by atoms with Crippen LogP contribution in [0.25, 0.3) is 11.0 Å². The van der Waals surface area contributed by atoms with Crippen molar-refractivity contribution in [3.8, 4) is 0 Å². The molecule has 116 valence electrons. The van der Waals surface area contributed by atoms with Gasteiger partial charge in [0.15, 0.2) is 0 Å². The molecule has 1 aromatic carbocycles. The summed E-state index contributed by atoms with van der Waals surface area (Å²) in [6, 6.07) is 5.18. The number of amides is 2. The molecule has 1 fully saturated rings. The zero-order chi connectivity index (χ0) is 15.5. The maximum atomic E-state index is 12.5. The molecule has 1 aliphatic heterocycles. The van der Waals surface area contributed by atoms with Crippen molar-refractivity contribution in [2.24, 2.45) is 0 Å². The van der Waals surface area contributed by atoms with Gasteiger partial charge in [-0.05, 0) is 37.5 Å². The van der Waals surface area contributed by atoms with Crippen molar-refractivity contribution >= 4 is 28.5 Å². The maximum absolute atomic E-state index is 12.5. The monoisotopic (exact) mass is 300 g/mol. The molecule has 0 aliphatic carbocycles. The number of anilines is 1. The van der Waals surface area contributed by atoms with Crippen LogP contribution in [-0.2, 0) is 9.59 Å². The van der Waals surface area contributed by atoms with Gasteiger partial charge in [-0.25, -0.2) is 4.98 Å². The first-order valence-corrected chi connectivity index (χ1v) is 7.72. The average molecular weight is 300 g/mol. The molecule has 2 aromatic rings. The van der Waals surface area contributed by atoms with Crippen LogP contribution < -0.4 is 5.32 Å². The van der Waals surface area contributed by atoms with E-state index in [2.05, 4.69) is 15.3 Å². The number of imidazole rings is 1. The van der Waals surface area contributed by atoms with Gasteiger partial charge in [0.2, 0.25) is 11.8 Å². The highest BCUT2D eigenvalue weighted by Crippen LogP contribution is 2.21. The summed E-state index contributed by atoms with van der Waals surface area (Å²) in [4.78, 5) is 33.4. The second-order valence-corrected chi connectivity index (χ2v) is 5.58. The van der Waals surface area contributed by atoms with E-state index in [9.17, 15) is 9.59 Å². The van der Waals surface area contributed by atoms with Crippen molar-refractivity contribution in [2.75, 3.05) is 11.9 Å². The topological polar surface area (TPSA) is 78.1 Å². The minimum atomic E-state index is -0.362. The lowest BCUT2D eigenvalue weighted by atomic mass is 10.0. The number of likely N-dealkylation sites (tertiary alicyclic amines) is 1. The van der Waals surface area contributed by atoms with E-state index in [1.807, 2.05) is 25.1 Å². The predicted octanol–water partition coefficient (Wildman–Crippen LogP) is 2.29. The van der Waals surface area contributed by atoms with E-state index in [1.54, 1.807) is 11.2 Å². The van der Waals surface area contributed by atoms with E-state index in [1.165, 1.54) is 0 Å². The fourth-order valence-electron chi connectivity index (χ4n) is 2.94. The van der Waals surface area contributed by atoms with Crippen LogP contribution in [0.3, 0.4) is 0 Å². The Morgan fingerprint density at radius 1 is 1.41 bits per heavy atom. The molecule has 1 aliphatic rings. The first-order valence-electron chi connectivity index (χ1n) is 7.72. The number of fused-ring (bicyclic) bond motifs is 1. The van der Waals surface area contributed by atoms with Crippen LogP contribution in [0.1, 0.15) is 32.6 Å². The highest BCUT2D eigenvalue weighted by atomic mass is 16.2. The maximum Gasteiger partial charge on any atom is 0.247 e. The number of benzene rings is 1. The zero-order valence-corrected chi connectivity index (χ0v) is 12.6. The van der Waals surface area contributed by atoms with Gasteiger partial charge in [0.25, 0.3) is 0 Å². The largest absolute Gasteiger partial charge is 0.345 e. The number of nitrogens with zero attached hydrogens (tertiary/aromatic N) is 2. The highest BCUT2D eigenvalue weighted by Gasteiger charge is 2.31. The van der Waals surface area contributed by atoms with Gasteiger partial charge in [-0.15, -0.1) is 0 Å². The third-order valence-electron chi connectivity index (χ3n) is 4.12. The minimum absolute atomic E-state index is 0.0453. The Morgan fingerprint density at radius 3 is 3.09 bits per heavy atom. The van der Waals surface area contributed by atoms with Crippen molar-refractivity contribution in [3.63, 3.8) is 0 Å². The summed E-state index contributed by atoms with van der Waals surface area (Å²) in [5.41, 5.74) is 2.46. The summed E-state index contributed by atoms with van der Waals surface area (Å²) in [5, 5.41) is 2.92. The number of hydrogen-bond donors (Lipinski definition) is 2. The molecular formula is C16H20N4O2. The van der Waals surface area contributed by atoms with E-state index in [4.69, 9.17) is 0 Å². The van der Waals surface area contributed by atoms with E-state index >= 15 is 0 Å². The van der Waals surface area contributed by atoms with Gasteiger partial charge in [-0.3, -0.25) is 9.59 Å². The summed E-state index contributed by atoms with van der Waals surface area (Å²) in [7, 11) is 0. The van der Waals surface area contributed by atoms with Crippen LogP contribution in [0.15, 0.2) is 24.5 Å². The Bertz CT molecular complexity index is 694. The zero-order valence-electron chi connectivity index (χ0n) is 12.6. The highest BCUT2D eigenvalue weighted by molar-refractivity contribution is 5.98. The fraction of sp³-hybridized carbons (Fsp3) is 0.438. The molecule has 0 bridgehead atoms. The molecule has 0 radical (unpaired) electrons. The molecule has 1 saturated heterocycles. The normalized spacial score (nSPS) is 18.4. The SMILES string of the molecule is CCC(=O)N1CCCCC1C(=O)Nc1ccc2nc[nH]c2c1. The molecular weight excluding hydrogens is 280 g/mol. The van der Waals surface area contributed by atoms with Crippen molar-refractivity contribution in [1.29, 1.82) is 0 Å². The van der Waals surface area contributed by atoms with Crippen molar-refractivity contribution in [2.45, 2.75) is 38.6 Å². The molecule has 22 heavy (non-hydrogen) atoms. The van der Waals surface area contributed by atoms with Gasteiger partial charge >= 0.3 is 0 Å². The van der Waals surface area contributed by atoms with Crippen LogP contribution in [0, 0.1) is 0 Å². The molecule has 1 atom stereocenters. The summed E-state index contributed by atoms with van der Waals surface area (Å²) in [5.74, 6) is -0.0655. The number of aromatic amines is 1. The second kappa shape index (κ2) is 6.17. The number of hydrogen-bond acceptors (Lipinski definition) is 3. The lowest BCUT2D eigenvalue weighted by Gasteiger charge is -2.34. The van der Waals surface area contributed by atoms with Crippen LogP contribution in [-0.4, -0.2) is 39.3 Å². The minimum Gasteiger partial charge on any atom is -0.345 e. The van der Waals surface area contributed by atoms with Crippen LogP contribution in [0.2, 0.25) is 0 Å². The number of carbonyl (C=O) groups excluding carboxylic acids is 2. The van der Waals surface area contributed by atoms with Crippen molar-refractivity contribution < 1.29 is 9.59 Å². The van der Waals surface area contributed by atoms with Gasteiger partial charge in [0.05, 0.1) is 17.4 Å². The second-order valence-electron chi connectivity index (χ2n) is 5.58. The third kappa shape index (κ3) is 2.81. The van der Waals surface area contributed by atoms with E-state index < -0.39 is 0 Å². The molecule has 2 heterocycles. The van der Waals surface area contributed by atoms with Crippen molar-refractivity contribution in [3.05, 3.63) is 24.5 Å². The number of aromatic nitrogens is 2. The van der Waals surface area contributed by atoms with E-state index in [0.717, 1.165) is 36.0 Å². The average Bonchev–Trinajstić information content (AvgIpc) is 3.01. The third-order valence-corrected chi connectivity index (χ3v) is 4.12. The number of H-pyrrole nitrogens is 1. The Hall–Kier alpha value is -2.37. The first-order chi connectivity index (χ1) is 10.7. The lowest BCUT2D eigenvalue weighted by molar-refractivity contribution is -0.140. The van der Waals surface area contributed by atoms with Gasteiger partial charge in [-0.2, -0.15) is 0 Å². The molecule has 2 amide bonds. The molecule has 6 heteroatoms. The molecule has 1 aromatic heterocycles. The Balaban J connectivity index is 1.75. The summed E-state index contributed by atoms with van der Waals surface area (Å²) >= 11 is 0. The standard InChI is InChI=1S/C16H20N4O2/c1-2-15(21)20-8-4-3-5-14(20)16(22)19-11-6-7-12-13(9-11)18-10-17-12/h6-7,9-10,14H,2-5,8H2,1H3,(H,17,18)(H,19,22). The van der Waals surface area contributed by atoms with Crippen molar-refractivity contribution in [1.82, 2.24) is 14.9 Å². The fourth-order valence-corrected chi connectivity index (χ4v) is 2.94. The molecule has 0 saturated carbocycles. The number of rotatable bonds is 3. The molecule has 2 N–H and O–H groups in total. The first kappa shape index (κ1) is 14.6. The Morgan fingerprint density at radius 2 is 2.27 bits per heavy atom. The summed E-state index contributed by atoms with van der Waals surface area (Å²) < 4.78 is 0.